The second-order valence-corrected chi connectivity index (χ2v) is 7.66. The highest BCUT2D eigenvalue weighted by atomic mass is 32.2. The van der Waals surface area contributed by atoms with Crippen LogP contribution >= 0.6 is 0 Å². The van der Waals surface area contributed by atoms with Crippen molar-refractivity contribution in [3.8, 4) is 0 Å². The maximum Gasteiger partial charge on any atom is 0.208 e. The van der Waals surface area contributed by atoms with Crippen LogP contribution in [0.3, 0.4) is 0 Å². The summed E-state index contributed by atoms with van der Waals surface area (Å²) in [6.07, 6.45) is 4.54. The molecular weight excluding hydrogens is 316 g/mol. The molecule has 0 amide bonds. The molecule has 0 fully saturated rings. The van der Waals surface area contributed by atoms with Gasteiger partial charge >= 0.3 is 0 Å². The quantitative estimate of drug-likeness (QED) is 0.235. The molecule has 0 heterocycles. The number of guanidine groups is 1. The van der Waals surface area contributed by atoms with E-state index in [-0.39, 0.29) is 12.0 Å². The van der Waals surface area contributed by atoms with E-state index in [1.807, 2.05) is 6.92 Å². The molecule has 23 heavy (non-hydrogen) atoms. The number of hydrogen-bond acceptors (Lipinski definition) is 4. The average molecular weight is 351 g/mol. The lowest BCUT2D eigenvalue weighted by Crippen LogP contribution is -2.40. The zero-order chi connectivity index (χ0) is 17.8. The maximum absolute atomic E-state index is 11.0. The summed E-state index contributed by atoms with van der Waals surface area (Å²) in [4.78, 5) is 4.64. The molecule has 0 unspecified atom stereocenters. The van der Waals surface area contributed by atoms with E-state index in [1.54, 1.807) is 0 Å². The molecule has 0 aliphatic carbocycles. The number of aliphatic imine (C=N–C) groups is 1. The topological polar surface area (TPSA) is 103 Å². The van der Waals surface area contributed by atoms with Gasteiger partial charge in [-0.3, -0.25) is 4.99 Å². The largest absolute Gasteiger partial charge is 0.396 e. The van der Waals surface area contributed by atoms with Crippen LogP contribution in [0.4, 0.5) is 0 Å². The van der Waals surface area contributed by atoms with Crippen LogP contribution in [0.15, 0.2) is 4.99 Å². The predicted octanol–water partition coefficient (Wildman–Crippen LogP) is 0.670. The number of sulfonamides is 1. The first-order valence-corrected chi connectivity index (χ1v) is 10.3. The Kier molecular flexibility index (Phi) is 11.2. The van der Waals surface area contributed by atoms with E-state index < -0.39 is 10.0 Å². The molecule has 4 N–H and O–H groups in total. The molecule has 0 aliphatic rings. The Labute approximate surface area is 141 Å². The van der Waals surface area contributed by atoms with E-state index in [0.29, 0.717) is 26.1 Å². The SMILES string of the molecule is CCNC(=NCC(CC)(CC)CCO)NCCCNS(C)(=O)=O. The molecule has 0 aromatic carbocycles. The maximum atomic E-state index is 11.0. The molecular formula is C15H34N4O3S. The van der Waals surface area contributed by atoms with Gasteiger partial charge in [0, 0.05) is 32.8 Å². The number of hydrogen-bond donors (Lipinski definition) is 4. The minimum absolute atomic E-state index is 0.0367. The second-order valence-electron chi connectivity index (χ2n) is 5.82. The van der Waals surface area contributed by atoms with E-state index in [0.717, 1.165) is 38.0 Å². The van der Waals surface area contributed by atoms with Crippen molar-refractivity contribution in [1.82, 2.24) is 15.4 Å². The molecule has 0 bridgehead atoms. The van der Waals surface area contributed by atoms with Gasteiger partial charge in [0.25, 0.3) is 0 Å². The van der Waals surface area contributed by atoms with Crippen molar-refractivity contribution >= 4 is 16.0 Å². The predicted molar refractivity (Wildman–Crippen MR) is 96.2 cm³/mol. The summed E-state index contributed by atoms with van der Waals surface area (Å²) in [5.74, 6) is 0.732. The summed E-state index contributed by atoms with van der Waals surface area (Å²) in [6.45, 7) is 8.92. The average Bonchev–Trinajstić information content (AvgIpc) is 2.49. The van der Waals surface area contributed by atoms with Crippen molar-refractivity contribution in [3.05, 3.63) is 0 Å². The van der Waals surface area contributed by atoms with E-state index in [9.17, 15) is 13.5 Å². The summed E-state index contributed by atoms with van der Waals surface area (Å²) >= 11 is 0. The Bertz CT molecular complexity index is 434. The molecule has 0 rings (SSSR count). The highest BCUT2D eigenvalue weighted by Gasteiger charge is 2.25. The zero-order valence-corrected chi connectivity index (χ0v) is 15.8. The van der Waals surface area contributed by atoms with E-state index in [4.69, 9.17) is 0 Å². The van der Waals surface area contributed by atoms with Gasteiger partial charge in [-0.05, 0) is 38.0 Å². The summed E-state index contributed by atoms with van der Waals surface area (Å²) in [6, 6.07) is 0. The monoisotopic (exact) mass is 350 g/mol. The van der Waals surface area contributed by atoms with Gasteiger partial charge in [0.2, 0.25) is 10.0 Å². The Hall–Kier alpha value is -0.860. The first kappa shape index (κ1) is 22.1. The lowest BCUT2D eigenvalue weighted by atomic mass is 9.79. The van der Waals surface area contributed by atoms with E-state index in [1.165, 1.54) is 0 Å². The van der Waals surface area contributed by atoms with Crippen molar-refractivity contribution in [2.24, 2.45) is 10.4 Å². The normalized spacial score (nSPS) is 13.2. The van der Waals surface area contributed by atoms with Crippen LogP contribution in [0.2, 0.25) is 0 Å². The Morgan fingerprint density at radius 1 is 1.13 bits per heavy atom. The van der Waals surface area contributed by atoms with Crippen molar-refractivity contribution < 1.29 is 13.5 Å². The first-order chi connectivity index (χ1) is 10.8. The van der Waals surface area contributed by atoms with Gasteiger partial charge in [0.1, 0.15) is 0 Å². The third kappa shape index (κ3) is 10.5. The Balaban J connectivity index is 4.47. The fourth-order valence-corrected chi connectivity index (χ4v) is 2.80. The van der Waals surface area contributed by atoms with Crippen molar-refractivity contribution in [3.63, 3.8) is 0 Å². The molecule has 0 radical (unpaired) electrons. The van der Waals surface area contributed by atoms with E-state index in [2.05, 4.69) is 34.2 Å². The molecule has 0 aliphatic heterocycles. The zero-order valence-electron chi connectivity index (χ0n) is 15.0. The van der Waals surface area contributed by atoms with Gasteiger partial charge in [-0.15, -0.1) is 0 Å². The van der Waals surface area contributed by atoms with Crippen LogP contribution in [0, 0.1) is 5.41 Å². The van der Waals surface area contributed by atoms with E-state index >= 15 is 0 Å². The van der Waals surface area contributed by atoms with Crippen LogP contribution in [-0.4, -0.2) is 58.5 Å². The summed E-state index contributed by atoms with van der Waals surface area (Å²) < 4.78 is 24.4. The van der Waals surface area contributed by atoms with Gasteiger partial charge in [-0.25, -0.2) is 13.1 Å². The molecule has 138 valence electrons. The number of rotatable bonds is 12. The number of nitrogens with zero attached hydrogens (tertiary/aromatic N) is 1. The smallest absolute Gasteiger partial charge is 0.208 e. The van der Waals surface area contributed by atoms with Crippen LogP contribution in [-0.2, 0) is 10.0 Å². The van der Waals surface area contributed by atoms with Crippen LogP contribution in [0.25, 0.3) is 0 Å². The minimum Gasteiger partial charge on any atom is -0.396 e. The first-order valence-electron chi connectivity index (χ1n) is 8.40. The minimum atomic E-state index is -3.13. The number of aliphatic hydroxyl groups excluding tert-OH is 1. The van der Waals surface area contributed by atoms with Gasteiger partial charge < -0.3 is 15.7 Å². The summed E-state index contributed by atoms with van der Waals surface area (Å²) in [7, 11) is -3.13. The molecule has 0 saturated heterocycles. The van der Waals surface area contributed by atoms with Crippen molar-refractivity contribution in [1.29, 1.82) is 0 Å². The van der Waals surface area contributed by atoms with Gasteiger partial charge in [0.15, 0.2) is 5.96 Å². The molecule has 0 atom stereocenters. The fourth-order valence-electron chi connectivity index (χ4n) is 2.28. The van der Waals surface area contributed by atoms with Crippen molar-refractivity contribution in [2.75, 3.05) is 39.0 Å². The fraction of sp³-hybridized carbons (Fsp3) is 0.933. The van der Waals surface area contributed by atoms with Crippen molar-refractivity contribution in [2.45, 2.75) is 46.5 Å². The van der Waals surface area contributed by atoms with Gasteiger partial charge in [-0.1, -0.05) is 13.8 Å². The highest BCUT2D eigenvalue weighted by molar-refractivity contribution is 7.88. The third-order valence-corrected chi connectivity index (χ3v) is 4.80. The van der Waals surface area contributed by atoms with Gasteiger partial charge in [-0.2, -0.15) is 0 Å². The molecule has 0 saturated carbocycles. The lowest BCUT2D eigenvalue weighted by Gasteiger charge is -2.29. The van der Waals surface area contributed by atoms with Crippen LogP contribution < -0.4 is 15.4 Å². The molecule has 7 nitrogen and oxygen atoms in total. The number of nitrogens with one attached hydrogen (secondary N) is 3. The molecule has 0 aromatic rings. The molecule has 8 heteroatoms. The molecule has 0 spiro atoms. The molecule has 0 aromatic heterocycles. The summed E-state index contributed by atoms with van der Waals surface area (Å²) in [5, 5.41) is 15.7. The highest BCUT2D eigenvalue weighted by Crippen LogP contribution is 2.30. The number of aliphatic hydroxyl groups is 1. The summed E-state index contributed by atoms with van der Waals surface area (Å²) in [5.41, 5.74) is 0.0367. The van der Waals surface area contributed by atoms with Crippen LogP contribution in [0.1, 0.15) is 46.5 Å². The standard InChI is InChI=1S/C15H34N4O3S/c1-5-15(6-2,9-12-20)13-18-14(16-7-3)17-10-8-11-19-23(4,21)22/h19-20H,5-13H2,1-4H3,(H2,16,17,18). The third-order valence-electron chi connectivity index (χ3n) is 4.07. The Morgan fingerprint density at radius 3 is 2.26 bits per heavy atom. The lowest BCUT2D eigenvalue weighted by molar-refractivity contribution is 0.175. The Morgan fingerprint density at radius 2 is 1.78 bits per heavy atom. The van der Waals surface area contributed by atoms with Crippen LogP contribution in [0.5, 0.6) is 0 Å². The van der Waals surface area contributed by atoms with Gasteiger partial charge in [0.05, 0.1) is 6.26 Å². The second kappa shape index (κ2) is 11.6.